The van der Waals surface area contributed by atoms with Crippen LogP contribution in [0.4, 0.5) is 4.39 Å². The second-order valence-corrected chi connectivity index (χ2v) is 10.3. The molecule has 1 fully saturated rings. The van der Waals surface area contributed by atoms with Crippen LogP contribution >= 0.6 is 0 Å². The normalized spacial score (nSPS) is 32.5. The zero-order valence-corrected chi connectivity index (χ0v) is 20.3. The number of benzene rings is 1. The number of ketones is 3. The highest BCUT2D eigenvalue weighted by Crippen LogP contribution is 2.52. The minimum Gasteiger partial charge on any atom is -0.510 e. The van der Waals surface area contributed by atoms with Crippen LogP contribution in [0.5, 0.6) is 5.75 Å². The third-order valence-corrected chi connectivity index (χ3v) is 8.46. The Morgan fingerprint density at radius 3 is 2.53 bits per heavy atom. The van der Waals surface area contributed by atoms with Gasteiger partial charge in [0.25, 0.3) is 0 Å². The molecule has 0 aromatic heterocycles. The molecule has 0 saturated carbocycles. The van der Waals surface area contributed by atoms with Crippen LogP contribution in [0.25, 0.3) is 0 Å². The number of aliphatic hydroxyl groups excluding tert-OH is 2. The molecule has 4 aliphatic rings. The van der Waals surface area contributed by atoms with Gasteiger partial charge in [0, 0.05) is 28.7 Å². The Kier molecular flexibility index (Phi) is 5.62. The quantitative estimate of drug-likeness (QED) is 0.392. The van der Waals surface area contributed by atoms with Crippen LogP contribution in [0, 0.1) is 17.7 Å². The maximum Gasteiger partial charge on any atom is 0.209 e. The van der Waals surface area contributed by atoms with Gasteiger partial charge in [-0.25, -0.2) is 4.39 Å². The van der Waals surface area contributed by atoms with Crippen molar-refractivity contribution in [3.63, 3.8) is 0 Å². The summed E-state index contributed by atoms with van der Waals surface area (Å²) in [5.74, 6) is -7.24. The van der Waals surface area contributed by atoms with E-state index in [-0.39, 0.29) is 35.6 Å². The molecule has 0 bridgehead atoms. The third kappa shape index (κ3) is 3.07. The standard InChI is InChI=1S/C26H29FN2O7/c1-10(30)17-23(33)21(28-2)14-8-11-7-13-19(22(32)18(11)25(35)26(14,36)24(17)34)16(31)9-12(20(13)27)15-5-4-6-29(15)3/h9,11,14-15,21,28,31,33,35-36H,4-8H2,1-3H3/t11-,14-,15?,21-,26+/m0/s1. The summed E-state index contributed by atoms with van der Waals surface area (Å²) in [6.07, 6.45) is 1.48. The average molecular weight is 501 g/mol. The van der Waals surface area contributed by atoms with Crippen LogP contribution in [0.3, 0.4) is 0 Å². The predicted molar refractivity (Wildman–Crippen MR) is 125 cm³/mol. The molecule has 1 unspecified atom stereocenters. The van der Waals surface area contributed by atoms with Crippen molar-refractivity contribution in [2.24, 2.45) is 11.8 Å². The highest BCUT2D eigenvalue weighted by Gasteiger charge is 2.62. The Bertz CT molecular complexity index is 1290. The van der Waals surface area contributed by atoms with E-state index in [1.54, 1.807) is 0 Å². The summed E-state index contributed by atoms with van der Waals surface area (Å²) in [4.78, 5) is 40.9. The zero-order valence-electron chi connectivity index (χ0n) is 20.3. The van der Waals surface area contributed by atoms with Crippen molar-refractivity contribution in [3.05, 3.63) is 51.2 Å². The average Bonchev–Trinajstić information content (AvgIpc) is 3.24. The lowest BCUT2D eigenvalue weighted by Gasteiger charge is -2.48. The Hall–Kier alpha value is -3.08. The summed E-state index contributed by atoms with van der Waals surface area (Å²) in [5.41, 5.74) is -3.53. The first kappa shape index (κ1) is 24.6. The second-order valence-electron chi connectivity index (χ2n) is 10.3. The number of phenolic OH excluding ortho intramolecular Hbond substituents is 1. The summed E-state index contributed by atoms with van der Waals surface area (Å²) in [6.45, 7) is 1.83. The second kappa shape index (κ2) is 8.22. The van der Waals surface area contributed by atoms with Crippen molar-refractivity contribution in [1.29, 1.82) is 0 Å². The summed E-state index contributed by atoms with van der Waals surface area (Å²) in [6, 6.07) is -0.0628. The van der Waals surface area contributed by atoms with Crippen LogP contribution in [-0.4, -0.2) is 75.0 Å². The Balaban J connectivity index is 1.68. The molecule has 5 N–H and O–H groups in total. The molecule has 192 valence electrons. The van der Waals surface area contributed by atoms with E-state index < -0.39 is 69.5 Å². The molecule has 1 aliphatic heterocycles. The number of halogens is 1. The van der Waals surface area contributed by atoms with E-state index in [0.717, 1.165) is 19.9 Å². The number of Topliss-reactive ketones (excluding diaryl/α,β-unsaturated/α-hetero) is 3. The number of allylic oxidation sites excluding steroid dienone is 1. The van der Waals surface area contributed by atoms with Crippen LogP contribution in [0.2, 0.25) is 0 Å². The topological polar surface area (TPSA) is 147 Å². The van der Waals surface area contributed by atoms with Crippen LogP contribution in [0.15, 0.2) is 28.7 Å². The van der Waals surface area contributed by atoms with E-state index in [9.17, 15) is 34.8 Å². The number of carbonyl (C=O) groups is 3. The van der Waals surface area contributed by atoms with Gasteiger partial charge >= 0.3 is 0 Å². The van der Waals surface area contributed by atoms with E-state index in [0.29, 0.717) is 12.0 Å². The van der Waals surface area contributed by atoms with Crippen molar-refractivity contribution >= 4 is 17.3 Å². The van der Waals surface area contributed by atoms with Crippen LogP contribution in [-0.2, 0) is 16.0 Å². The minimum atomic E-state index is -2.64. The van der Waals surface area contributed by atoms with Gasteiger partial charge in [-0.2, -0.15) is 0 Å². The smallest absolute Gasteiger partial charge is 0.209 e. The van der Waals surface area contributed by atoms with E-state index in [1.165, 1.54) is 13.1 Å². The highest BCUT2D eigenvalue weighted by molar-refractivity contribution is 6.25. The molecule has 0 amide bonds. The number of fused-ring (bicyclic) bond motifs is 3. The summed E-state index contributed by atoms with van der Waals surface area (Å²) < 4.78 is 15.8. The number of hydrogen-bond acceptors (Lipinski definition) is 9. The van der Waals surface area contributed by atoms with Gasteiger partial charge in [-0.1, -0.05) is 0 Å². The lowest BCUT2D eigenvalue weighted by molar-refractivity contribution is -0.146. The number of nitrogens with zero attached hydrogens (tertiary/aromatic N) is 1. The number of nitrogens with one attached hydrogen (secondary N) is 1. The van der Waals surface area contributed by atoms with Crippen molar-refractivity contribution in [2.75, 3.05) is 20.6 Å². The molecule has 0 radical (unpaired) electrons. The number of aromatic hydroxyl groups is 1. The fourth-order valence-electron chi connectivity index (χ4n) is 6.72. The first-order valence-electron chi connectivity index (χ1n) is 12.1. The summed E-state index contributed by atoms with van der Waals surface area (Å²) in [5, 5.41) is 47.0. The SMILES string of the molecule is CN[C@@H]1C(O)=C(C(C)=O)C(=O)[C@@]2(O)C(O)=C3C(=O)c4c(O)cc(C5CCCN5C)c(F)c4C[C@H]3C[C@@H]12. The zero-order chi connectivity index (χ0) is 26.3. The monoisotopic (exact) mass is 500 g/mol. The molecular weight excluding hydrogens is 471 g/mol. The molecule has 1 aromatic rings. The Labute approximate surface area is 206 Å². The van der Waals surface area contributed by atoms with Gasteiger partial charge in [0.15, 0.2) is 17.2 Å². The number of aliphatic hydroxyl groups is 3. The molecule has 0 spiro atoms. The Morgan fingerprint density at radius 1 is 1.25 bits per heavy atom. The van der Waals surface area contributed by atoms with Crippen molar-refractivity contribution < 1.29 is 39.2 Å². The number of likely N-dealkylation sites (N-methyl/N-ethyl adjacent to an activating group) is 1. The number of carbonyl (C=O) groups excluding carboxylic acids is 3. The fourth-order valence-corrected chi connectivity index (χ4v) is 6.72. The minimum absolute atomic E-state index is 0.0367. The number of rotatable bonds is 3. The molecule has 1 saturated heterocycles. The molecule has 10 heteroatoms. The van der Waals surface area contributed by atoms with Gasteiger partial charge in [-0.15, -0.1) is 0 Å². The third-order valence-electron chi connectivity index (χ3n) is 8.46. The molecule has 3 aliphatic carbocycles. The number of hydrogen-bond donors (Lipinski definition) is 5. The van der Waals surface area contributed by atoms with Crippen LogP contribution < -0.4 is 5.32 Å². The molecule has 9 nitrogen and oxygen atoms in total. The highest BCUT2D eigenvalue weighted by atomic mass is 19.1. The molecule has 5 atom stereocenters. The Morgan fingerprint density at radius 2 is 1.94 bits per heavy atom. The van der Waals surface area contributed by atoms with Gasteiger partial charge in [-0.05, 0) is 65.2 Å². The van der Waals surface area contributed by atoms with E-state index in [2.05, 4.69) is 5.32 Å². The molecule has 1 aromatic carbocycles. The predicted octanol–water partition coefficient (Wildman–Crippen LogP) is 1.79. The molecule has 1 heterocycles. The first-order valence-corrected chi connectivity index (χ1v) is 12.1. The number of phenols is 1. The van der Waals surface area contributed by atoms with E-state index in [1.807, 2.05) is 11.9 Å². The molecular formula is C26H29FN2O7. The van der Waals surface area contributed by atoms with Crippen molar-refractivity contribution in [1.82, 2.24) is 10.2 Å². The lowest BCUT2D eigenvalue weighted by atomic mass is 9.58. The van der Waals surface area contributed by atoms with Gasteiger partial charge in [0.2, 0.25) is 5.78 Å². The van der Waals surface area contributed by atoms with Gasteiger partial charge in [-0.3, -0.25) is 19.3 Å². The first-order chi connectivity index (χ1) is 16.9. The van der Waals surface area contributed by atoms with Crippen LogP contribution in [0.1, 0.15) is 53.7 Å². The fraction of sp³-hybridized carbons (Fsp3) is 0.500. The van der Waals surface area contributed by atoms with Gasteiger partial charge < -0.3 is 25.7 Å². The summed E-state index contributed by atoms with van der Waals surface area (Å²) >= 11 is 0. The maximum atomic E-state index is 15.8. The van der Waals surface area contributed by atoms with Gasteiger partial charge in [0.1, 0.15) is 28.7 Å². The van der Waals surface area contributed by atoms with E-state index >= 15 is 4.39 Å². The van der Waals surface area contributed by atoms with E-state index in [4.69, 9.17) is 0 Å². The summed E-state index contributed by atoms with van der Waals surface area (Å²) in [7, 11) is 3.33. The van der Waals surface area contributed by atoms with Crippen molar-refractivity contribution in [3.8, 4) is 5.75 Å². The molecule has 36 heavy (non-hydrogen) atoms. The van der Waals surface area contributed by atoms with Gasteiger partial charge in [0.05, 0.1) is 11.6 Å². The van der Waals surface area contributed by atoms with Crippen molar-refractivity contribution in [2.45, 2.75) is 50.3 Å². The lowest BCUT2D eigenvalue weighted by Crippen LogP contribution is -2.63. The molecule has 5 rings (SSSR count). The largest absolute Gasteiger partial charge is 0.510 e. The number of likely N-dealkylation sites (tertiary alicyclic amines) is 1. The maximum absolute atomic E-state index is 15.8.